The highest BCUT2D eigenvalue weighted by Gasteiger charge is 2.29. The van der Waals surface area contributed by atoms with Gasteiger partial charge in [-0.15, -0.1) is 0 Å². The molecule has 0 N–H and O–H groups in total. The van der Waals surface area contributed by atoms with Crippen molar-refractivity contribution in [2.75, 3.05) is 33.3 Å². The minimum atomic E-state index is -3.41. The number of carbonyl (C=O) groups excluding carboxylic acids is 3. The minimum absolute atomic E-state index is 0.0883. The molecule has 9 heteroatoms. The molecule has 1 aromatic rings. The monoisotopic (exact) mass is 438 g/mol. The standard InChI is InChI=1S/C21H30N2O6S/c1-5-29-21(26)17-10-12-23(13-11-17)19(24)14-22(4)20(25)16-6-8-18(9-7-16)30(27,28)15(2)3/h6-9,15,17H,5,10-14H2,1-4H3. The van der Waals surface area contributed by atoms with Gasteiger partial charge in [0.1, 0.15) is 0 Å². The Hall–Kier alpha value is -2.42. The van der Waals surface area contributed by atoms with Crippen LogP contribution in [0, 0.1) is 5.92 Å². The Labute approximate surface area is 178 Å². The van der Waals surface area contributed by atoms with E-state index in [-0.39, 0.29) is 35.1 Å². The number of amides is 2. The van der Waals surface area contributed by atoms with Crippen LogP contribution < -0.4 is 0 Å². The number of likely N-dealkylation sites (tertiary alicyclic amines) is 1. The second-order valence-corrected chi connectivity index (χ2v) is 10.2. The molecule has 1 saturated heterocycles. The Morgan fingerprint density at radius 1 is 1.13 bits per heavy atom. The predicted molar refractivity (Wildman–Crippen MR) is 112 cm³/mol. The number of rotatable bonds is 7. The number of benzene rings is 1. The van der Waals surface area contributed by atoms with Gasteiger partial charge in [0.2, 0.25) is 5.91 Å². The SMILES string of the molecule is CCOC(=O)C1CCN(C(=O)CN(C)C(=O)c2ccc(S(=O)(=O)C(C)C)cc2)CC1. The predicted octanol–water partition coefficient (Wildman–Crippen LogP) is 1.74. The summed E-state index contributed by atoms with van der Waals surface area (Å²) in [5, 5.41) is -0.549. The third kappa shape index (κ3) is 5.59. The first-order valence-electron chi connectivity index (χ1n) is 10.1. The van der Waals surface area contributed by atoms with Gasteiger partial charge in [0.25, 0.3) is 5.91 Å². The zero-order valence-electron chi connectivity index (χ0n) is 18.0. The quantitative estimate of drug-likeness (QED) is 0.601. The van der Waals surface area contributed by atoms with Crippen molar-refractivity contribution in [2.45, 2.75) is 43.8 Å². The van der Waals surface area contributed by atoms with Crippen molar-refractivity contribution < 1.29 is 27.5 Å². The average molecular weight is 439 g/mol. The second-order valence-electron chi connectivity index (χ2n) is 7.69. The van der Waals surface area contributed by atoms with Gasteiger partial charge in [-0.25, -0.2) is 8.42 Å². The van der Waals surface area contributed by atoms with E-state index in [9.17, 15) is 22.8 Å². The Bertz CT molecular complexity index is 871. The van der Waals surface area contributed by atoms with Crippen molar-refractivity contribution in [1.29, 1.82) is 0 Å². The Morgan fingerprint density at radius 3 is 2.20 bits per heavy atom. The molecule has 166 valence electrons. The number of nitrogens with zero attached hydrogens (tertiary/aromatic N) is 2. The number of piperidine rings is 1. The fourth-order valence-electron chi connectivity index (χ4n) is 3.28. The fourth-order valence-corrected chi connectivity index (χ4v) is 4.34. The summed E-state index contributed by atoms with van der Waals surface area (Å²) in [6, 6.07) is 5.75. The van der Waals surface area contributed by atoms with Gasteiger partial charge in [-0.2, -0.15) is 0 Å². The normalized spacial score (nSPS) is 15.2. The van der Waals surface area contributed by atoms with Crippen molar-refractivity contribution in [3.8, 4) is 0 Å². The van der Waals surface area contributed by atoms with E-state index in [1.807, 2.05) is 0 Å². The van der Waals surface area contributed by atoms with Gasteiger partial charge in [-0.1, -0.05) is 0 Å². The van der Waals surface area contributed by atoms with Crippen LogP contribution in [-0.2, 0) is 24.2 Å². The molecule has 1 heterocycles. The summed E-state index contributed by atoms with van der Waals surface area (Å²) < 4.78 is 29.4. The van der Waals surface area contributed by atoms with Crippen LogP contribution in [0.2, 0.25) is 0 Å². The van der Waals surface area contributed by atoms with E-state index < -0.39 is 15.1 Å². The molecule has 0 aromatic heterocycles. The van der Waals surface area contributed by atoms with Crippen LogP contribution >= 0.6 is 0 Å². The van der Waals surface area contributed by atoms with E-state index >= 15 is 0 Å². The molecule has 8 nitrogen and oxygen atoms in total. The lowest BCUT2D eigenvalue weighted by molar-refractivity contribution is -0.151. The number of likely N-dealkylation sites (N-methyl/N-ethyl adjacent to an activating group) is 1. The van der Waals surface area contributed by atoms with Crippen molar-refractivity contribution in [3.63, 3.8) is 0 Å². The molecule has 0 spiro atoms. The molecule has 2 rings (SSSR count). The zero-order chi connectivity index (χ0) is 22.5. The van der Waals surface area contributed by atoms with Crippen molar-refractivity contribution >= 4 is 27.6 Å². The minimum Gasteiger partial charge on any atom is -0.466 e. The number of esters is 1. The largest absolute Gasteiger partial charge is 0.466 e. The van der Waals surface area contributed by atoms with Gasteiger partial charge in [0.05, 0.1) is 29.2 Å². The topological polar surface area (TPSA) is 101 Å². The first-order chi connectivity index (χ1) is 14.1. The molecule has 0 atom stereocenters. The molecule has 0 unspecified atom stereocenters. The van der Waals surface area contributed by atoms with E-state index in [0.717, 1.165) is 0 Å². The van der Waals surface area contributed by atoms with Gasteiger partial charge in [-0.05, 0) is 57.9 Å². The summed E-state index contributed by atoms with van der Waals surface area (Å²) in [7, 11) is -1.87. The summed E-state index contributed by atoms with van der Waals surface area (Å²) in [4.78, 5) is 40.1. The van der Waals surface area contributed by atoms with Gasteiger partial charge < -0.3 is 14.5 Å². The Balaban J connectivity index is 1.93. The van der Waals surface area contributed by atoms with E-state index in [4.69, 9.17) is 4.74 Å². The Morgan fingerprint density at radius 2 is 1.70 bits per heavy atom. The van der Waals surface area contributed by atoms with E-state index in [1.165, 1.54) is 36.2 Å². The van der Waals surface area contributed by atoms with Crippen molar-refractivity contribution in [2.24, 2.45) is 5.92 Å². The maximum absolute atomic E-state index is 12.6. The van der Waals surface area contributed by atoms with Gasteiger partial charge in [0.15, 0.2) is 9.84 Å². The van der Waals surface area contributed by atoms with E-state index in [2.05, 4.69) is 0 Å². The van der Waals surface area contributed by atoms with Crippen LogP contribution in [0.25, 0.3) is 0 Å². The lowest BCUT2D eigenvalue weighted by Crippen LogP contribution is -2.45. The smallest absolute Gasteiger partial charge is 0.309 e. The summed E-state index contributed by atoms with van der Waals surface area (Å²) in [6.45, 7) is 6.12. The van der Waals surface area contributed by atoms with Gasteiger partial charge in [-0.3, -0.25) is 14.4 Å². The van der Waals surface area contributed by atoms with Crippen molar-refractivity contribution in [3.05, 3.63) is 29.8 Å². The lowest BCUT2D eigenvalue weighted by Gasteiger charge is -2.32. The maximum Gasteiger partial charge on any atom is 0.309 e. The summed E-state index contributed by atoms with van der Waals surface area (Å²) in [5.41, 5.74) is 0.314. The summed E-state index contributed by atoms with van der Waals surface area (Å²) >= 11 is 0. The molecular weight excluding hydrogens is 408 g/mol. The number of hydrogen-bond acceptors (Lipinski definition) is 6. The van der Waals surface area contributed by atoms with Crippen LogP contribution in [0.3, 0.4) is 0 Å². The summed E-state index contributed by atoms with van der Waals surface area (Å²) in [5.74, 6) is -0.959. The van der Waals surface area contributed by atoms with Crippen LogP contribution in [-0.4, -0.2) is 74.5 Å². The molecule has 0 saturated carbocycles. The van der Waals surface area contributed by atoms with Crippen molar-refractivity contribution in [1.82, 2.24) is 9.80 Å². The second kappa shape index (κ2) is 10.1. The first kappa shape index (κ1) is 23.9. The zero-order valence-corrected chi connectivity index (χ0v) is 18.8. The molecule has 1 aliphatic rings. The van der Waals surface area contributed by atoms with Gasteiger partial charge in [0, 0.05) is 25.7 Å². The van der Waals surface area contributed by atoms with Crippen LogP contribution in [0.4, 0.5) is 0 Å². The molecule has 0 radical (unpaired) electrons. The summed E-state index contributed by atoms with van der Waals surface area (Å²) in [6.07, 6.45) is 1.10. The highest BCUT2D eigenvalue weighted by molar-refractivity contribution is 7.92. The number of hydrogen-bond donors (Lipinski definition) is 0. The Kier molecular flexibility index (Phi) is 8.00. The van der Waals surface area contributed by atoms with E-state index in [1.54, 1.807) is 25.7 Å². The molecular formula is C21H30N2O6S. The lowest BCUT2D eigenvalue weighted by atomic mass is 9.97. The molecule has 0 bridgehead atoms. The molecule has 2 amide bonds. The molecule has 1 fully saturated rings. The molecule has 0 aliphatic carbocycles. The third-order valence-electron chi connectivity index (χ3n) is 5.24. The molecule has 1 aromatic carbocycles. The fraction of sp³-hybridized carbons (Fsp3) is 0.571. The highest BCUT2D eigenvalue weighted by Crippen LogP contribution is 2.20. The first-order valence-corrected chi connectivity index (χ1v) is 11.7. The highest BCUT2D eigenvalue weighted by atomic mass is 32.2. The van der Waals surface area contributed by atoms with Crippen LogP contribution in [0.5, 0.6) is 0 Å². The number of ether oxygens (including phenoxy) is 1. The maximum atomic E-state index is 12.6. The van der Waals surface area contributed by atoms with E-state index in [0.29, 0.717) is 38.1 Å². The number of sulfone groups is 1. The van der Waals surface area contributed by atoms with Crippen LogP contribution in [0.1, 0.15) is 44.0 Å². The third-order valence-corrected chi connectivity index (χ3v) is 7.41. The van der Waals surface area contributed by atoms with Gasteiger partial charge >= 0.3 is 5.97 Å². The number of carbonyl (C=O) groups is 3. The van der Waals surface area contributed by atoms with Crippen LogP contribution in [0.15, 0.2) is 29.2 Å². The average Bonchev–Trinajstić information content (AvgIpc) is 2.73. The molecule has 30 heavy (non-hydrogen) atoms. The molecule has 1 aliphatic heterocycles.